The molecule has 0 aliphatic rings. The number of benzene rings is 1. The van der Waals surface area contributed by atoms with Crippen molar-refractivity contribution in [3.8, 4) is 0 Å². The van der Waals surface area contributed by atoms with Gasteiger partial charge in [-0.3, -0.25) is 15.0 Å². The summed E-state index contributed by atoms with van der Waals surface area (Å²) in [5, 5.41) is 11.4. The third-order valence-corrected chi connectivity index (χ3v) is 3.76. The van der Waals surface area contributed by atoms with Crippen LogP contribution in [-0.2, 0) is 6.54 Å². The molecule has 20 heavy (non-hydrogen) atoms. The Labute approximate surface area is 125 Å². The highest BCUT2D eigenvalue weighted by atomic mass is 35.5. The summed E-state index contributed by atoms with van der Waals surface area (Å²) in [4.78, 5) is 12.8. The van der Waals surface area contributed by atoms with Crippen molar-refractivity contribution in [1.82, 2.24) is 4.90 Å². The molecule has 0 fully saturated rings. The van der Waals surface area contributed by atoms with Crippen molar-refractivity contribution < 1.29 is 4.92 Å². The molecule has 0 bridgehead atoms. The van der Waals surface area contributed by atoms with E-state index in [1.54, 1.807) is 12.1 Å². The Morgan fingerprint density at radius 2 is 2.05 bits per heavy atom. The number of hydrogen-bond acceptors (Lipinski definition) is 3. The molecular formula is C15H23ClN2O2. The zero-order valence-electron chi connectivity index (χ0n) is 12.4. The Bertz CT molecular complexity index is 449. The van der Waals surface area contributed by atoms with Crippen molar-refractivity contribution >= 4 is 17.3 Å². The normalized spacial score (nSPS) is 11.3. The molecule has 0 aromatic heterocycles. The molecule has 112 valence electrons. The summed E-state index contributed by atoms with van der Waals surface area (Å²) in [6.45, 7) is 8.10. The van der Waals surface area contributed by atoms with Crippen LogP contribution in [0.4, 0.5) is 5.69 Å². The van der Waals surface area contributed by atoms with Gasteiger partial charge in [-0.05, 0) is 38.4 Å². The molecule has 1 aromatic rings. The molecule has 0 aliphatic carbocycles. The fraction of sp³-hybridized carbons (Fsp3) is 0.600. The number of halogens is 1. The van der Waals surface area contributed by atoms with Crippen LogP contribution < -0.4 is 0 Å². The summed E-state index contributed by atoms with van der Waals surface area (Å²) >= 11 is 6.16. The first-order chi connectivity index (χ1) is 9.45. The Kier molecular flexibility index (Phi) is 6.96. The van der Waals surface area contributed by atoms with E-state index in [2.05, 4.69) is 25.7 Å². The average Bonchev–Trinajstić information content (AvgIpc) is 2.39. The third kappa shape index (κ3) is 5.10. The van der Waals surface area contributed by atoms with Gasteiger partial charge < -0.3 is 0 Å². The van der Waals surface area contributed by atoms with Crippen molar-refractivity contribution in [3.63, 3.8) is 0 Å². The molecule has 0 amide bonds. The van der Waals surface area contributed by atoms with Crippen molar-refractivity contribution in [2.75, 3.05) is 6.54 Å². The van der Waals surface area contributed by atoms with E-state index in [0.717, 1.165) is 18.5 Å². The highest BCUT2D eigenvalue weighted by Gasteiger charge is 2.15. The molecule has 1 aromatic carbocycles. The summed E-state index contributed by atoms with van der Waals surface area (Å²) in [6.07, 6.45) is 3.52. The maximum atomic E-state index is 10.8. The lowest BCUT2D eigenvalue weighted by Crippen LogP contribution is -2.31. The van der Waals surface area contributed by atoms with Crippen LogP contribution >= 0.6 is 11.6 Å². The van der Waals surface area contributed by atoms with Crippen LogP contribution in [0.3, 0.4) is 0 Å². The lowest BCUT2D eigenvalue weighted by Gasteiger charge is -2.26. The van der Waals surface area contributed by atoms with Gasteiger partial charge >= 0.3 is 0 Å². The molecule has 0 heterocycles. The number of rotatable bonds is 8. The maximum Gasteiger partial charge on any atom is 0.269 e. The second-order valence-electron chi connectivity index (χ2n) is 5.30. The quantitative estimate of drug-likeness (QED) is 0.399. The first-order valence-corrected chi connectivity index (χ1v) is 7.50. The molecule has 0 N–H and O–H groups in total. The number of nitro groups is 1. The van der Waals surface area contributed by atoms with Crippen LogP contribution in [0, 0.1) is 10.1 Å². The molecule has 4 nitrogen and oxygen atoms in total. The number of non-ortho nitro benzene ring substituents is 1. The highest BCUT2D eigenvalue weighted by molar-refractivity contribution is 6.31. The van der Waals surface area contributed by atoms with Crippen LogP contribution in [-0.4, -0.2) is 22.4 Å². The highest BCUT2D eigenvalue weighted by Crippen LogP contribution is 2.24. The second kappa shape index (κ2) is 8.22. The molecule has 0 aliphatic heterocycles. The molecule has 0 atom stereocenters. The molecule has 0 saturated carbocycles. The zero-order chi connectivity index (χ0) is 15.1. The van der Waals surface area contributed by atoms with E-state index in [-0.39, 0.29) is 10.6 Å². The fourth-order valence-electron chi connectivity index (χ4n) is 2.10. The average molecular weight is 299 g/mol. The van der Waals surface area contributed by atoms with Gasteiger partial charge in [-0.25, -0.2) is 0 Å². The molecular weight excluding hydrogens is 276 g/mol. The van der Waals surface area contributed by atoms with Crippen molar-refractivity contribution in [2.24, 2.45) is 0 Å². The summed E-state index contributed by atoms with van der Waals surface area (Å²) in [5.41, 5.74) is 0.924. The molecule has 0 spiro atoms. The van der Waals surface area contributed by atoms with Crippen LogP contribution in [0.15, 0.2) is 18.2 Å². The fourth-order valence-corrected chi connectivity index (χ4v) is 2.28. The van der Waals surface area contributed by atoms with Gasteiger partial charge in [-0.15, -0.1) is 0 Å². The van der Waals surface area contributed by atoms with Crippen LogP contribution in [0.25, 0.3) is 0 Å². The van der Waals surface area contributed by atoms with Gasteiger partial charge in [0.05, 0.1) is 4.92 Å². The van der Waals surface area contributed by atoms with E-state index >= 15 is 0 Å². The Morgan fingerprint density at radius 1 is 1.35 bits per heavy atom. The molecule has 5 heteroatoms. The standard InChI is InChI=1S/C15H23ClN2O2/c1-4-5-6-9-17(12(2)3)11-13-10-14(18(19)20)7-8-15(13)16/h7-8,10,12H,4-6,9,11H2,1-3H3. The zero-order valence-corrected chi connectivity index (χ0v) is 13.2. The lowest BCUT2D eigenvalue weighted by molar-refractivity contribution is -0.384. The first-order valence-electron chi connectivity index (χ1n) is 7.12. The summed E-state index contributed by atoms with van der Waals surface area (Å²) in [7, 11) is 0. The maximum absolute atomic E-state index is 10.8. The van der Waals surface area contributed by atoms with E-state index in [0.29, 0.717) is 17.6 Å². The Morgan fingerprint density at radius 3 is 2.60 bits per heavy atom. The van der Waals surface area contributed by atoms with Crippen LogP contribution in [0.1, 0.15) is 45.6 Å². The largest absolute Gasteiger partial charge is 0.297 e. The van der Waals surface area contributed by atoms with Gasteiger partial charge in [-0.2, -0.15) is 0 Å². The van der Waals surface area contributed by atoms with Crippen LogP contribution in [0.2, 0.25) is 5.02 Å². The van der Waals surface area contributed by atoms with Gasteiger partial charge in [0.25, 0.3) is 5.69 Å². The Balaban J connectivity index is 2.81. The Hall–Kier alpha value is -1.13. The minimum Gasteiger partial charge on any atom is -0.297 e. The van der Waals surface area contributed by atoms with E-state index in [1.807, 2.05) is 0 Å². The predicted octanol–water partition coefficient (Wildman–Crippen LogP) is 4.65. The van der Waals surface area contributed by atoms with E-state index in [1.165, 1.54) is 18.9 Å². The monoisotopic (exact) mass is 298 g/mol. The number of nitrogens with zero attached hydrogens (tertiary/aromatic N) is 2. The van der Waals surface area contributed by atoms with Crippen molar-refractivity contribution in [3.05, 3.63) is 38.9 Å². The van der Waals surface area contributed by atoms with Crippen molar-refractivity contribution in [2.45, 2.75) is 52.6 Å². The second-order valence-corrected chi connectivity index (χ2v) is 5.71. The van der Waals surface area contributed by atoms with Gasteiger partial charge in [0, 0.05) is 29.7 Å². The van der Waals surface area contributed by atoms with E-state index in [4.69, 9.17) is 11.6 Å². The molecule has 0 unspecified atom stereocenters. The van der Waals surface area contributed by atoms with Gasteiger partial charge in [0.2, 0.25) is 0 Å². The van der Waals surface area contributed by atoms with Gasteiger partial charge in [-0.1, -0.05) is 31.4 Å². The van der Waals surface area contributed by atoms with Crippen LogP contribution in [0.5, 0.6) is 0 Å². The smallest absolute Gasteiger partial charge is 0.269 e. The molecule has 1 rings (SSSR count). The summed E-state index contributed by atoms with van der Waals surface area (Å²) in [5.74, 6) is 0. The number of nitro benzene ring substituents is 1. The SMILES string of the molecule is CCCCCN(Cc1cc([N+](=O)[O-])ccc1Cl)C(C)C. The third-order valence-electron chi connectivity index (χ3n) is 3.39. The molecule has 0 saturated heterocycles. The van der Waals surface area contributed by atoms with Gasteiger partial charge in [0.15, 0.2) is 0 Å². The van der Waals surface area contributed by atoms with E-state index in [9.17, 15) is 10.1 Å². The molecule has 0 radical (unpaired) electrons. The lowest BCUT2D eigenvalue weighted by atomic mass is 10.1. The summed E-state index contributed by atoms with van der Waals surface area (Å²) in [6, 6.07) is 5.03. The minimum atomic E-state index is -0.378. The van der Waals surface area contributed by atoms with E-state index < -0.39 is 0 Å². The summed E-state index contributed by atoms with van der Waals surface area (Å²) < 4.78 is 0. The van der Waals surface area contributed by atoms with Crippen molar-refractivity contribution in [1.29, 1.82) is 0 Å². The number of unbranched alkanes of at least 4 members (excludes halogenated alkanes) is 2. The minimum absolute atomic E-state index is 0.0988. The first kappa shape index (κ1) is 16.9. The topological polar surface area (TPSA) is 46.4 Å². The van der Waals surface area contributed by atoms with Gasteiger partial charge in [0.1, 0.15) is 0 Å². The predicted molar refractivity (Wildman–Crippen MR) is 83.2 cm³/mol. The number of hydrogen-bond donors (Lipinski definition) is 0.